The minimum absolute atomic E-state index is 0.180. The number of aromatic nitrogens is 3. The molecule has 4 rings (SSSR count). The van der Waals surface area contributed by atoms with Crippen molar-refractivity contribution >= 4 is 45.4 Å². The SMILES string of the molecule is Cc1nc(N2CCN(c3cnn(-c4ccc(Cl)cc4)c(=O)c3Cl)CC2)sc1C. The van der Waals surface area contributed by atoms with Crippen LogP contribution in [0, 0.1) is 13.8 Å². The normalized spacial score (nSPS) is 14.6. The van der Waals surface area contributed by atoms with Crippen molar-refractivity contribution in [3.05, 3.63) is 61.4 Å². The van der Waals surface area contributed by atoms with E-state index in [0.717, 1.165) is 37.0 Å². The molecule has 0 atom stereocenters. The van der Waals surface area contributed by atoms with Crippen molar-refractivity contribution in [2.75, 3.05) is 36.0 Å². The first-order valence-electron chi connectivity index (χ1n) is 8.92. The lowest BCUT2D eigenvalue weighted by Crippen LogP contribution is -2.47. The summed E-state index contributed by atoms with van der Waals surface area (Å²) in [5.74, 6) is 0. The van der Waals surface area contributed by atoms with Crippen LogP contribution in [0.5, 0.6) is 0 Å². The molecule has 1 aliphatic rings. The molecule has 3 heterocycles. The molecule has 0 N–H and O–H groups in total. The minimum atomic E-state index is -0.338. The van der Waals surface area contributed by atoms with Crippen molar-refractivity contribution in [2.24, 2.45) is 0 Å². The Labute approximate surface area is 176 Å². The highest BCUT2D eigenvalue weighted by Gasteiger charge is 2.23. The highest BCUT2D eigenvalue weighted by molar-refractivity contribution is 7.15. The van der Waals surface area contributed by atoms with Gasteiger partial charge in [0.2, 0.25) is 0 Å². The summed E-state index contributed by atoms with van der Waals surface area (Å²) in [6.07, 6.45) is 1.66. The molecule has 0 saturated carbocycles. The van der Waals surface area contributed by atoms with Crippen LogP contribution in [0.25, 0.3) is 5.69 Å². The fourth-order valence-electron chi connectivity index (χ4n) is 3.14. The van der Waals surface area contributed by atoms with Crippen LogP contribution in [0.3, 0.4) is 0 Å². The largest absolute Gasteiger partial charge is 0.365 e. The fourth-order valence-corrected chi connectivity index (χ4v) is 4.48. The van der Waals surface area contributed by atoms with E-state index >= 15 is 0 Å². The number of hydrogen-bond donors (Lipinski definition) is 0. The van der Waals surface area contributed by atoms with Crippen LogP contribution in [0.1, 0.15) is 10.6 Å². The van der Waals surface area contributed by atoms with Gasteiger partial charge in [-0.2, -0.15) is 9.78 Å². The van der Waals surface area contributed by atoms with Crippen molar-refractivity contribution < 1.29 is 0 Å². The molecule has 1 aliphatic heterocycles. The van der Waals surface area contributed by atoms with Gasteiger partial charge in [-0.25, -0.2) is 4.98 Å². The van der Waals surface area contributed by atoms with Crippen LogP contribution in [-0.4, -0.2) is 40.9 Å². The van der Waals surface area contributed by atoms with Gasteiger partial charge in [-0.15, -0.1) is 11.3 Å². The maximum absolute atomic E-state index is 12.7. The van der Waals surface area contributed by atoms with Gasteiger partial charge in [0.25, 0.3) is 5.56 Å². The molecule has 0 amide bonds. The Kier molecular flexibility index (Phi) is 5.31. The number of rotatable bonds is 3. The molecule has 9 heteroatoms. The van der Waals surface area contributed by atoms with Crippen molar-refractivity contribution in [2.45, 2.75) is 13.8 Å². The smallest absolute Gasteiger partial charge is 0.292 e. The van der Waals surface area contributed by atoms with Gasteiger partial charge in [-0.05, 0) is 38.1 Å². The average Bonchev–Trinajstić information content (AvgIpc) is 3.04. The summed E-state index contributed by atoms with van der Waals surface area (Å²) in [5.41, 5.74) is 2.04. The molecular formula is C19H19Cl2N5OS. The third-order valence-electron chi connectivity index (χ3n) is 4.88. The van der Waals surface area contributed by atoms with E-state index in [2.05, 4.69) is 26.8 Å². The van der Waals surface area contributed by atoms with Crippen LogP contribution in [-0.2, 0) is 0 Å². The summed E-state index contributed by atoms with van der Waals surface area (Å²) in [6, 6.07) is 6.91. The third kappa shape index (κ3) is 3.62. The number of hydrogen-bond acceptors (Lipinski definition) is 6. The maximum atomic E-state index is 12.7. The Balaban J connectivity index is 1.53. The Bertz CT molecular complexity index is 1040. The van der Waals surface area contributed by atoms with E-state index in [9.17, 15) is 4.79 Å². The molecule has 6 nitrogen and oxygen atoms in total. The zero-order valence-corrected chi connectivity index (χ0v) is 17.9. The molecule has 1 fully saturated rings. The number of piperazine rings is 1. The highest BCUT2D eigenvalue weighted by Crippen LogP contribution is 2.28. The number of halogens is 2. The summed E-state index contributed by atoms with van der Waals surface area (Å²) in [7, 11) is 0. The topological polar surface area (TPSA) is 54.3 Å². The second-order valence-corrected chi connectivity index (χ2v) is 8.65. The van der Waals surface area contributed by atoms with Crippen LogP contribution < -0.4 is 15.4 Å². The molecule has 3 aromatic rings. The van der Waals surface area contributed by atoms with Gasteiger partial charge in [-0.1, -0.05) is 23.2 Å². The van der Waals surface area contributed by atoms with E-state index in [1.165, 1.54) is 9.56 Å². The molecule has 28 heavy (non-hydrogen) atoms. The third-order valence-corrected chi connectivity index (χ3v) is 6.62. The predicted octanol–water partition coefficient (Wildman–Crippen LogP) is 3.94. The zero-order valence-electron chi connectivity index (χ0n) is 15.5. The van der Waals surface area contributed by atoms with Crippen LogP contribution in [0.15, 0.2) is 35.3 Å². The van der Waals surface area contributed by atoms with Crippen molar-refractivity contribution in [3.8, 4) is 5.69 Å². The second-order valence-electron chi connectivity index (χ2n) is 6.65. The van der Waals surface area contributed by atoms with Crippen molar-refractivity contribution in [1.29, 1.82) is 0 Å². The Morgan fingerprint density at radius 2 is 1.64 bits per heavy atom. The molecule has 0 radical (unpaired) electrons. The molecule has 146 valence electrons. The molecule has 1 saturated heterocycles. The molecular weight excluding hydrogens is 417 g/mol. The number of anilines is 2. The summed E-state index contributed by atoms with van der Waals surface area (Å²) < 4.78 is 1.29. The van der Waals surface area contributed by atoms with Gasteiger partial charge in [0.15, 0.2) is 5.13 Å². The summed E-state index contributed by atoms with van der Waals surface area (Å²) >= 11 is 14.1. The van der Waals surface area contributed by atoms with Gasteiger partial charge in [-0.3, -0.25) is 4.79 Å². The van der Waals surface area contributed by atoms with Crippen molar-refractivity contribution in [3.63, 3.8) is 0 Å². The second kappa shape index (κ2) is 7.73. The van der Waals surface area contributed by atoms with E-state index in [1.54, 1.807) is 41.8 Å². The lowest BCUT2D eigenvalue weighted by molar-refractivity contribution is 0.647. The number of nitrogens with zero attached hydrogens (tertiary/aromatic N) is 5. The van der Waals surface area contributed by atoms with Crippen molar-refractivity contribution in [1.82, 2.24) is 14.8 Å². The summed E-state index contributed by atoms with van der Waals surface area (Å²) in [5, 5.41) is 6.15. The molecule has 0 aliphatic carbocycles. The molecule has 1 aromatic carbocycles. The lowest BCUT2D eigenvalue weighted by Gasteiger charge is -2.36. The zero-order chi connectivity index (χ0) is 19.8. The predicted molar refractivity (Wildman–Crippen MR) is 116 cm³/mol. The monoisotopic (exact) mass is 435 g/mol. The van der Waals surface area contributed by atoms with Gasteiger partial charge in [0, 0.05) is 36.1 Å². The minimum Gasteiger partial charge on any atom is -0.365 e. The number of benzene rings is 1. The van der Waals surface area contributed by atoms with E-state index in [0.29, 0.717) is 16.4 Å². The average molecular weight is 436 g/mol. The van der Waals surface area contributed by atoms with Gasteiger partial charge in [0.05, 0.1) is 23.3 Å². The molecule has 0 spiro atoms. The Hall–Kier alpha value is -2.09. The summed E-state index contributed by atoms with van der Waals surface area (Å²) in [4.78, 5) is 23.0. The van der Waals surface area contributed by atoms with E-state index in [1.807, 2.05) is 6.92 Å². The maximum Gasteiger partial charge on any atom is 0.292 e. The van der Waals surface area contributed by atoms with E-state index in [-0.39, 0.29) is 10.6 Å². The van der Waals surface area contributed by atoms with Crippen LogP contribution >= 0.6 is 34.5 Å². The number of thiazole rings is 1. The quantitative estimate of drug-likeness (QED) is 0.623. The van der Waals surface area contributed by atoms with Crippen LogP contribution in [0.2, 0.25) is 10.0 Å². The number of aryl methyl sites for hydroxylation is 2. The Morgan fingerprint density at radius 1 is 1.00 bits per heavy atom. The van der Waals surface area contributed by atoms with E-state index in [4.69, 9.17) is 23.2 Å². The first-order valence-corrected chi connectivity index (χ1v) is 10.5. The molecule has 0 unspecified atom stereocenters. The lowest BCUT2D eigenvalue weighted by atomic mass is 10.3. The standard InChI is InChI=1S/C19H19Cl2N5OS/c1-12-13(2)28-19(23-12)25-9-7-24(8-10-25)16-11-22-26(18(27)17(16)21)15-5-3-14(20)4-6-15/h3-6,11H,7-10H2,1-2H3. The van der Waals surface area contributed by atoms with Gasteiger partial charge < -0.3 is 9.80 Å². The molecule has 0 bridgehead atoms. The first kappa shape index (κ1) is 19.2. The molecule has 2 aromatic heterocycles. The van der Waals surface area contributed by atoms with Crippen LogP contribution in [0.4, 0.5) is 10.8 Å². The van der Waals surface area contributed by atoms with Gasteiger partial charge in [0.1, 0.15) is 5.02 Å². The summed E-state index contributed by atoms with van der Waals surface area (Å²) in [6.45, 7) is 7.28. The first-order chi connectivity index (χ1) is 13.4. The van der Waals surface area contributed by atoms with Gasteiger partial charge >= 0.3 is 0 Å². The highest BCUT2D eigenvalue weighted by atomic mass is 35.5. The fraction of sp³-hybridized carbons (Fsp3) is 0.316. The Morgan fingerprint density at radius 3 is 2.25 bits per heavy atom. The van der Waals surface area contributed by atoms with E-state index < -0.39 is 0 Å².